The molecule has 1 saturated heterocycles. The number of nitrogens with zero attached hydrogens (tertiary/aromatic N) is 2. The minimum Gasteiger partial charge on any atom is -0.367 e. The van der Waals surface area contributed by atoms with Gasteiger partial charge in [-0.2, -0.15) is 0 Å². The van der Waals surface area contributed by atoms with Crippen molar-refractivity contribution in [1.29, 1.82) is 0 Å². The maximum atomic E-state index is 14.3. The van der Waals surface area contributed by atoms with Crippen molar-refractivity contribution >= 4 is 17.3 Å². The fourth-order valence-corrected chi connectivity index (χ4v) is 2.61. The predicted octanol–water partition coefficient (Wildman–Crippen LogP) is 2.95. The average molecular weight is 307 g/mol. The van der Waals surface area contributed by atoms with Crippen LogP contribution in [-0.2, 0) is 4.79 Å². The summed E-state index contributed by atoms with van der Waals surface area (Å²) in [5.74, 6) is -0.496. The van der Waals surface area contributed by atoms with Gasteiger partial charge >= 0.3 is 0 Å². The van der Waals surface area contributed by atoms with Crippen molar-refractivity contribution in [2.45, 2.75) is 33.7 Å². The zero-order valence-electron chi connectivity index (χ0n) is 13.9. The van der Waals surface area contributed by atoms with Gasteiger partial charge in [-0.1, -0.05) is 13.8 Å². The molecular weight excluding hydrogens is 281 g/mol. The van der Waals surface area contributed by atoms with E-state index in [1.807, 2.05) is 13.8 Å². The molecule has 1 amide bonds. The highest BCUT2D eigenvalue weighted by molar-refractivity contribution is 5.92. The van der Waals surface area contributed by atoms with Crippen LogP contribution < -0.4 is 10.2 Å². The molecule has 122 valence electrons. The number of rotatable bonds is 4. The number of nitrogens with one attached hydrogen (secondary N) is 1. The monoisotopic (exact) mass is 307 g/mol. The third-order valence-electron chi connectivity index (χ3n) is 4.12. The molecule has 22 heavy (non-hydrogen) atoms. The third-order valence-corrected chi connectivity index (χ3v) is 4.12. The number of halogens is 1. The van der Waals surface area contributed by atoms with Crippen LogP contribution in [0.5, 0.6) is 0 Å². The molecule has 0 radical (unpaired) electrons. The van der Waals surface area contributed by atoms with E-state index in [0.717, 1.165) is 26.2 Å². The largest absolute Gasteiger partial charge is 0.367 e. The van der Waals surface area contributed by atoms with E-state index in [9.17, 15) is 9.18 Å². The number of hydrogen-bond donors (Lipinski definition) is 1. The zero-order valence-corrected chi connectivity index (χ0v) is 13.9. The Morgan fingerprint density at radius 1 is 1.14 bits per heavy atom. The highest BCUT2D eigenvalue weighted by Gasteiger charge is 2.21. The first-order valence-electron chi connectivity index (χ1n) is 7.98. The summed E-state index contributed by atoms with van der Waals surface area (Å²) in [6.07, 6.45) is 0. The Morgan fingerprint density at radius 2 is 1.77 bits per heavy atom. The van der Waals surface area contributed by atoms with Gasteiger partial charge < -0.3 is 10.2 Å². The van der Waals surface area contributed by atoms with Crippen molar-refractivity contribution in [3.05, 3.63) is 24.0 Å². The van der Waals surface area contributed by atoms with Gasteiger partial charge in [0.15, 0.2) is 0 Å². The van der Waals surface area contributed by atoms with Crippen LogP contribution in [0.1, 0.15) is 27.7 Å². The summed E-state index contributed by atoms with van der Waals surface area (Å²) >= 11 is 0. The molecule has 1 N–H and O–H groups in total. The molecule has 0 aromatic heterocycles. The molecule has 0 atom stereocenters. The second kappa shape index (κ2) is 7.09. The summed E-state index contributed by atoms with van der Waals surface area (Å²) in [6, 6.07) is 5.47. The van der Waals surface area contributed by atoms with Crippen LogP contribution in [0.15, 0.2) is 18.2 Å². The SMILES string of the molecule is CC(C)C(=O)Nc1ccc(N2CCN(C(C)C)CC2)c(F)c1. The fourth-order valence-electron chi connectivity index (χ4n) is 2.61. The molecule has 4 nitrogen and oxygen atoms in total. The number of anilines is 2. The van der Waals surface area contributed by atoms with Crippen LogP contribution in [0.3, 0.4) is 0 Å². The Morgan fingerprint density at radius 3 is 2.27 bits per heavy atom. The third kappa shape index (κ3) is 3.97. The first-order chi connectivity index (χ1) is 10.4. The van der Waals surface area contributed by atoms with Crippen LogP contribution in [-0.4, -0.2) is 43.0 Å². The first-order valence-corrected chi connectivity index (χ1v) is 7.98. The molecule has 0 spiro atoms. The van der Waals surface area contributed by atoms with Gasteiger partial charge in [-0.05, 0) is 32.0 Å². The van der Waals surface area contributed by atoms with Crippen molar-refractivity contribution in [3.63, 3.8) is 0 Å². The summed E-state index contributed by atoms with van der Waals surface area (Å²) < 4.78 is 14.3. The molecule has 5 heteroatoms. The van der Waals surface area contributed by atoms with Gasteiger partial charge in [-0.3, -0.25) is 9.69 Å². The van der Waals surface area contributed by atoms with Gasteiger partial charge in [0.1, 0.15) is 5.82 Å². The molecular formula is C17H26FN3O. The lowest BCUT2D eigenvalue weighted by atomic mass is 10.1. The van der Waals surface area contributed by atoms with E-state index < -0.39 is 0 Å². The minimum absolute atomic E-state index is 0.0994. The predicted molar refractivity (Wildman–Crippen MR) is 88.8 cm³/mol. The van der Waals surface area contributed by atoms with Gasteiger partial charge in [0.2, 0.25) is 5.91 Å². The molecule has 1 aliphatic rings. The Hall–Kier alpha value is -1.62. The second-order valence-electron chi connectivity index (χ2n) is 6.43. The number of carbonyl (C=O) groups is 1. The molecule has 0 aliphatic carbocycles. The molecule has 2 rings (SSSR count). The van der Waals surface area contributed by atoms with Crippen LogP contribution in [0.25, 0.3) is 0 Å². The van der Waals surface area contributed by atoms with Crippen molar-refractivity contribution in [2.75, 3.05) is 36.4 Å². The molecule has 0 bridgehead atoms. The summed E-state index contributed by atoms with van der Waals surface area (Å²) in [7, 11) is 0. The van der Waals surface area contributed by atoms with Gasteiger partial charge in [0.05, 0.1) is 5.69 Å². The maximum Gasteiger partial charge on any atom is 0.226 e. The normalized spacial score (nSPS) is 16.4. The molecule has 1 aromatic carbocycles. The van der Waals surface area contributed by atoms with Crippen LogP contribution in [0.2, 0.25) is 0 Å². The highest BCUT2D eigenvalue weighted by Crippen LogP contribution is 2.24. The standard InChI is InChI=1S/C17H26FN3O/c1-12(2)17(22)19-14-5-6-16(15(18)11-14)21-9-7-20(8-10-21)13(3)4/h5-6,11-13H,7-10H2,1-4H3,(H,19,22). The summed E-state index contributed by atoms with van der Waals surface area (Å²) in [6.45, 7) is 11.5. The lowest BCUT2D eigenvalue weighted by Crippen LogP contribution is -2.49. The summed E-state index contributed by atoms with van der Waals surface area (Å²) in [5.41, 5.74) is 1.13. The molecule has 1 fully saturated rings. The van der Waals surface area contributed by atoms with Crippen molar-refractivity contribution < 1.29 is 9.18 Å². The smallest absolute Gasteiger partial charge is 0.226 e. The summed E-state index contributed by atoms with van der Waals surface area (Å²) in [5, 5.41) is 2.73. The Bertz CT molecular complexity index is 523. The maximum absolute atomic E-state index is 14.3. The molecule has 0 saturated carbocycles. The van der Waals surface area contributed by atoms with Gasteiger partial charge in [-0.15, -0.1) is 0 Å². The summed E-state index contributed by atoms with van der Waals surface area (Å²) in [4.78, 5) is 16.1. The van der Waals surface area contributed by atoms with E-state index >= 15 is 0 Å². The molecule has 0 unspecified atom stereocenters. The highest BCUT2D eigenvalue weighted by atomic mass is 19.1. The van der Waals surface area contributed by atoms with E-state index in [1.165, 1.54) is 6.07 Å². The van der Waals surface area contributed by atoms with Crippen LogP contribution in [0, 0.1) is 11.7 Å². The van der Waals surface area contributed by atoms with Crippen molar-refractivity contribution in [1.82, 2.24) is 4.90 Å². The van der Waals surface area contributed by atoms with Crippen molar-refractivity contribution in [3.8, 4) is 0 Å². The van der Waals surface area contributed by atoms with E-state index in [1.54, 1.807) is 12.1 Å². The molecule has 1 heterocycles. The van der Waals surface area contributed by atoms with Crippen LogP contribution >= 0.6 is 0 Å². The first kappa shape index (κ1) is 16.7. The van der Waals surface area contributed by atoms with Crippen LogP contribution in [0.4, 0.5) is 15.8 Å². The Balaban J connectivity index is 2.03. The number of carbonyl (C=O) groups excluding carboxylic acids is 1. The molecule has 1 aromatic rings. The average Bonchev–Trinajstić information content (AvgIpc) is 2.47. The number of piperazine rings is 1. The number of benzene rings is 1. The van der Waals surface area contributed by atoms with E-state index in [2.05, 4.69) is 29.0 Å². The topological polar surface area (TPSA) is 35.6 Å². The lowest BCUT2D eigenvalue weighted by molar-refractivity contribution is -0.118. The lowest BCUT2D eigenvalue weighted by Gasteiger charge is -2.38. The quantitative estimate of drug-likeness (QED) is 0.929. The number of hydrogen-bond acceptors (Lipinski definition) is 3. The van der Waals surface area contributed by atoms with Gasteiger partial charge in [0.25, 0.3) is 0 Å². The minimum atomic E-state index is -0.278. The van der Waals surface area contributed by atoms with E-state index in [-0.39, 0.29) is 17.6 Å². The van der Waals surface area contributed by atoms with E-state index in [0.29, 0.717) is 17.4 Å². The fraction of sp³-hybridized carbons (Fsp3) is 0.588. The molecule has 1 aliphatic heterocycles. The van der Waals surface area contributed by atoms with Crippen molar-refractivity contribution in [2.24, 2.45) is 5.92 Å². The Kier molecular flexibility index (Phi) is 5.40. The zero-order chi connectivity index (χ0) is 16.3. The van der Waals surface area contributed by atoms with Gasteiger partial charge in [-0.25, -0.2) is 4.39 Å². The van der Waals surface area contributed by atoms with Gasteiger partial charge in [0, 0.05) is 43.8 Å². The van der Waals surface area contributed by atoms with E-state index in [4.69, 9.17) is 0 Å². The Labute approximate surface area is 132 Å². The second-order valence-corrected chi connectivity index (χ2v) is 6.43. The number of amides is 1.